The lowest BCUT2D eigenvalue weighted by Gasteiger charge is -2.61. The lowest BCUT2D eigenvalue weighted by molar-refractivity contribution is -0.127. The molecule has 0 aliphatic heterocycles. The number of rotatable bonds is 2. The molecule has 1 aromatic heterocycles. The number of aliphatic hydroxyl groups excluding tert-OH is 1. The van der Waals surface area contributed by atoms with E-state index in [-0.39, 0.29) is 6.10 Å². The SMILES string of the molecule is Cc1ccc([C@@H](C)[C@H]2CC[C@H]3[C@@H]4CC[C@H]5C[C@@H](O)CC[C@]5(C)[C@H]4CC[C@]23C)o1. The molecular weight excluding hydrogens is 344 g/mol. The number of aliphatic hydroxyl groups is 1. The molecule has 4 fully saturated rings. The molecule has 156 valence electrons. The molecule has 1 heterocycles. The van der Waals surface area contributed by atoms with Crippen molar-refractivity contribution < 1.29 is 9.52 Å². The molecule has 0 unspecified atom stereocenters. The third kappa shape index (κ3) is 2.69. The third-order valence-electron chi connectivity index (χ3n) is 10.5. The Balaban J connectivity index is 1.39. The first-order valence-electron chi connectivity index (χ1n) is 12.1. The molecule has 4 saturated carbocycles. The number of fused-ring (bicyclic) bond motifs is 5. The van der Waals surface area contributed by atoms with Gasteiger partial charge in [0.15, 0.2) is 0 Å². The van der Waals surface area contributed by atoms with E-state index in [2.05, 4.69) is 39.8 Å². The summed E-state index contributed by atoms with van der Waals surface area (Å²) in [5.74, 6) is 7.06. The lowest BCUT2D eigenvalue weighted by Crippen LogP contribution is -2.54. The summed E-state index contributed by atoms with van der Waals surface area (Å²) in [7, 11) is 0. The van der Waals surface area contributed by atoms with Crippen molar-refractivity contribution in [3.05, 3.63) is 23.7 Å². The van der Waals surface area contributed by atoms with Crippen molar-refractivity contribution in [2.45, 2.75) is 97.5 Å². The van der Waals surface area contributed by atoms with E-state index < -0.39 is 0 Å². The molecule has 0 spiro atoms. The molecule has 0 bridgehead atoms. The molecule has 2 nitrogen and oxygen atoms in total. The summed E-state index contributed by atoms with van der Waals surface area (Å²) in [5.41, 5.74) is 0.976. The Labute approximate surface area is 171 Å². The maximum Gasteiger partial charge on any atom is 0.107 e. The summed E-state index contributed by atoms with van der Waals surface area (Å²) in [6, 6.07) is 4.36. The van der Waals surface area contributed by atoms with Crippen LogP contribution in [0.25, 0.3) is 0 Å². The molecule has 0 amide bonds. The first-order valence-corrected chi connectivity index (χ1v) is 12.1. The molecule has 2 heteroatoms. The number of hydrogen-bond acceptors (Lipinski definition) is 2. The van der Waals surface area contributed by atoms with Crippen LogP contribution in [0, 0.1) is 47.3 Å². The van der Waals surface area contributed by atoms with Crippen molar-refractivity contribution in [2.24, 2.45) is 40.4 Å². The normalized spacial score (nSPS) is 49.2. The van der Waals surface area contributed by atoms with Gasteiger partial charge < -0.3 is 9.52 Å². The van der Waals surface area contributed by atoms with Crippen LogP contribution >= 0.6 is 0 Å². The Hall–Kier alpha value is -0.760. The lowest BCUT2D eigenvalue weighted by atomic mass is 9.44. The van der Waals surface area contributed by atoms with Crippen LogP contribution in [0.1, 0.15) is 96.0 Å². The first kappa shape index (κ1) is 19.2. The second-order valence-corrected chi connectivity index (χ2v) is 11.6. The molecule has 1 N–H and O–H groups in total. The molecule has 0 aromatic carbocycles. The standard InChI is InChI=1S/C26H40O2/c1-16-5-10-24(28-16)17(2)21-8-9-22-20-7-6-18-15-19(27)11-13-25(18,3)23(20)12-14-26(21,22)4/h5,10,17-23,27H,6-9,11-15H2,1-4H3/t17-,18-,19-,20-,21+,22-,23-,25-,26+/m0/s1. The minimum atomic E-state index is -0.0306. The van der Waals surface area contributed by atoms with Crippen LogP contribution < -0.4 is 0 Å². The topological polar surface area (TPSA) is 33.4 Å². The summed E-state index contributed by atoms with van der Waals surface area (Å²) in [4.78, 5) is 0. The van der Waals surface area contributed by atoms with Crippen LogP contribution in [0.15, 0.2) is 16.5 Å². The average molecular weight is 385 g/mol. The van der Waals surface area contributed by atoms with E-state index in [1.807, 2.05) is 0 Å². The van der Waals surface area contributed by atoms with Crippen molar-refractivity contribution in [1.29, 1.82) is 0 Å². The highest BCUT2D eigenvalue weighted by molar-refractivity contribution is 5.16. The largest absolute Gasteiger partial charge is 0.466 e. The fourth-order valence-corrected chi connectivity index (χ4v) is 8.99. The minimum absolute atomic E-state index is 0.0306. The van der Waals surface area contributed by atoms with Gasteiger partial charge in [0.1, 0.15) is 11.5 Å². The van der Waals surface area contributed by atoms with Gasteiger partial charge in [-0.05, 0) is 117 Å². The van der Waals surface area contributed by atoms with Gasteiger partial charge in [-0.25, -0.2) is 0 Å². The predicted octanol–water partition coefficient (Wildman–Crippen LogP) is 6.71. The quantitative estimate of drug-likeness (QED) is 0.614. The van der Waals surface area contributed by atoms with Gasteiger partial charge in [-0.3, -0.25) is 0 Å². The Kier molecular flexibility index (Phi) is 4.55. The van der Waals surface area contributed by atoms with Crippen molar-refractivity contribution in [3.63, 3.8) is 0 Å². The predicted molar refractivity (Wildman–Crippen MR) is 113 cm³/mol. The van der Waals surface area contributed by atoms with Gasteiger partial charge in [-0.1, -0.05) is 20.8 Å². The Morgan fingerprint density at radius 3 is 2.46 bits per heavy atom. The van der Waals surface area contributed by atoms with Crippen molar-refractivity contribution >= 4 is 0 Å². The minimum Gasteiger partial charge on any atom is -0.466 e. The highest BCUT2D eigenvalue weighted by Crippen LogP contribution is 2.68. The Morgan fingerprint density at radius 2 is 1.71 bits per heavy atom. The third-order valence-corrected chi connectivity index (χ3v) is 10.5. The van der Waals surface area contributed by atoms with Crippen molar-refractivity contribution in [2.75, 3.05) is 0 Å². The van der Waals surface area contributed by atoms with Crippen molar-refractivity contribution in [1.82, 2.24) is 0 Å². The van der Waals surface area contributed by atoms with Crippen LogP contribution in [-0.4, -0.2) is 11.2 Å². The van der Waals surface area contributed by atoms with E-state index in [0.29, 0.717) is 16.7 Å². The smallest absolute Gasteiger partial charge is 0.107 e. The van der Waals surface area contributed by atoms with Gasteiger partial charge in [-0.15, -0.1) is 0 Å². The number of aryl methyl sites for hydroxylation is 1. The zero-order chi connectivity index (χ0) is 19.7. The van der Waals surface area contributed by atoms with E-state index >= 15 is 0 Å². The second kappa shape index (κ2) is 6.62. The first-order chi connectivity index (χ1) is 13.3. The van der Waals surface area contributed by atoms with E-state index in [0.717, 1.165) is 48.2 Å². The van der Waals surface area contributed by atoms with Gasteiger partial charge in [-0.2, -0.15) is 0 Å². The van der Waals surface area contributed by atoms with Gasteiger partial charge in [0.2, 0.25) is 0 Å². The van der Waals surface area contributed by atoms with Crippen LogP contribution in [0.2, 0.25) is 0 Å². The van der Waals surface area contributed by atoms with E-state index in [4.69, 9.17) is 4.42 Å². The summed E-state index contributed by atoms with van der Waals surface area (Å²) in [6.45, 7) is 9.73. The van der Waals surface area contributed by atoms with Gasteiger partial charge in [0.05, 0.1) is 6.10 Å². The Bertz CT molecular complexity index is 722. The summed E-state index contributed by atoms with van der Waals surface area (Å²) < 4.78 is 6.06. The molecular formula is C26H40O2. The Morgan fingerprint density at radius 1 is 0.964 bits per heavy atom. The molecule has 9 atom stereocenters. The highest BCUT2D eigenvalue weighted by Gasteiger charge is 2.60. The van der Waals surface area contributed by atoms with Gasteiger partial charge >= 0.3 is 0 Å². The molecule has 4 aliphatic rings. The zero-order valence-corrected chi connectivity index (χ0v) is 18.4. The van der Waals surface area contributed by atoms with E-state index in [9.17, 15) is 5.11 Å². The van der Waals surface area contributed by atoms with E-state index in [1.165, 1.54) is 50.7 Å². The molecule has 5 rings (SSSR count). The summed E-state index contributed by atoms with van der Waals surface area (Å²) in [6.07, 6.45) is 11.7. The molecule has 28 heavy (non-hydrogen) atoms. The fraction of sp³-hybridized carbons (Fsp3) is 0.846. The molecule has 4 aliphatic carbocycles. The number of hydrogen-bond donors (Lipinski definition) is 1. The zero-order valence-electron chi connectivity index (χ0n) is 18.4. The molecule has 0 saturated heterocycles. The molecule has 0 radical (unpaired) electrons. The second-order valence-electron chi connectivity index (χ2n) is 11.6. The van der Waals surface area contributed by atoms with Crippen molar-refractivity contribution in [3.8, 4) is 0 Å². The average Bonchev–Trinajstić information content (AvgIpc) is 3.25. The maximum absolute atomic E-state index is 10.2. The number of furan rings is 1. The van der Waals surface area contributed by atoms with Gasteiger partial charge in [0.25, 0.3) is 0 Å². The fourth-order valence-electron chi connectivity index (χ4n) is 8.99. The van der Waals surface area contributed by atoms with Crippen LogP contribution in [0.5, 0.6) is 0 Å². The monoisotopic (exact) mass is 384 g/mol. The highest BCUT2D eigenvalue weighted by atomic mass is 16.3. The van der Waals surface area contributed by atoms with Crippen LogP contribution in [0.3, 0.4) is 0 Å². The van der Waals surface area contributed by atoms with Crippen LogP contribution in [0.4, 0.5) is 0 Å². The van der Waals surface area contributed by atoms with E-state index in [1.54, 1.807) is 0 Å². The van der Waals surface area contributed by atoms with Crippen LogP contribution in [-0.2, 0) is 0 Å². The summed E-state index contributed by atoms with van der Waals surface area (Å²) in [5, 5.41) is 10.2. The van der Waals surface area contributed by atoms with Gasteiger partial charge in [0, 0.05) is 5.92 Å². The molecule has 1 aromatic rings. The summed E-state index contributed by atoms with van der Waals surface area (Å²) >= 11 is 0. The maximum atomic E-state index is 10.2.